The van der Waals surface area contributed by atoms with Gasteiger partial charge in [0.15, 0.2) is 0 Å². The standard InChI is InChI=1S/C17H22N2O2/c1-16(2)9-6-10-17(12-16,13-18)19-15(20)21-11-14-7-4-3-5-8-14/h3-5,7-8H,6,9-12H2,1-2H3,(H,19,20). The Bertz CT molecular complexity index is 533. The molecule has 2 rings (SSSR count). The summed E-state index contributed by atoms with van der Waals surface area (Å²) >= 11 is 0. The summed E-state index contributed by atoms with van der Waals surface area (Å²) in [7, 11) is 0. The van der Waals surface area contributed by atoms with Crippen molar-refractivity contribution in [3.05, 3.63) is 35.9 Å². The Morgan fingerprint density at radius 3 is 2.67 bits per heavy atom. The largest absolute Gasteiger partial charge is 0.445 e. The Kier molecular flexibility index (Phi) is 4.52. The van der Waals surface area contributed by atoms with E-state index in [4.69, 9.17) is 4.74 Å². The van der Waals surface area contributed by atoms with Gasteiger partial charge in [0.1, 0.15) is 12.1 Å². The smallest absolute Gasteiger partial charge is 0.408 e. The van der Waals surface area contributed by atoms with Crippen LogP contribution in [-0.2, 0) is 11.3 Å². The molecule has 0 heterocycles. The van der Waals surface area contributed by atoms with Gasteiger partial charge in [0, 0.05) is 0 Å². The SMILES string of the molecule is CC1(C)CCCC(C#N)(NC(=O)OCc2ccccc2)C1. The summed E-state index contributed by atoms with van der Waals surface area (Å²) in [6.45, 7) is 4.49. The van der Waals surface area contributed by atoms with Crippen LogP contribution in [0.2, 0.25) is 0 Å². The molecule has 1 fully saturated rings. The maximum atomic E-state index is 12.0. The molecular formula is C17H22N2O2. The summed E-state index contributed by atoms with van der Waals surface area (Å²) in [6, 6.07) is 11.8. The predicted octanol–water partition coefficient (Wildman–Crippen LogP) is 3.78. The number of alkyl carbamates (subject to hydrolysis) is 1. The monoisotopic (exact) mass is 286 g/mol. The molecule has 1 saturated carbocycles. The van der Waals surface area contributed by atoms with Crippen molar-refractivity contribution in [2.75, 3.05) is 0 Å². The van der Waals surface area contributed by atoms with Gasteiger partial charge in [0.2, 0.25) is 0 Å². The quantitative estimate of drug-likeness (QED) is 0.919. The van der Waals surface area contributed by atoms with E-state index in [1.54, 1.807) is 0 Å². The Morgan fingerprint density at radius 1 is 1.33 bits per heavy atom. The molecule has 0 aromatic heterocycles. The highest BCUT2D eigenvalue weighted by Gasteiger charge is 2.41. The van der Waals surface area contributed by atoms with Crippen LogP contribution in [0, 0.1) is 16.7 Å². The number of carbonyl (C=O) groups is 1. The lowest BCUT2D eigenvalue weighted by atomic mass is 9.68. The van der Waals surface area contributed by atoms with E-state index in [1.165, 1.54) is 0 Å². The van der Waals surface area contributed by atoms with Gasteiger partial charge in [-0.05, 0) is 36.7 Å². The molecule has 0 radical (unpaired) electrons. The van der Waals surface area contributed by atoms with Gasteiger partial charge in [-0.2, -0.15) is 5.26 Å². The Morgan fingerprint density at radius 2 is 2.05 bits per heavy atom. The molecule has 1 amide bonds. The van der Waals surface area contributed by atoms with Crippen LogP contribution in [0.3, 0.4) is 0 Å². The van der Waals surface area contributed by atoms with Crippen LogP contribution in [0.25, 0.3) is 0 Å². The maximum Gasteiger partial charge on any atom is 0.408 e. The third-order valence-corrected chi connectivity index (χ3v) is 4.01. The first-order valence-corrected chi connectivity index (χ1v) is 7.35. The van der Waals surface area contributed by atoms with Crippen molar-refractivity contribution >= 4 is 6.09 Å². The second-order valence-corrected chi connectivity index (χ2v) is 6.58. The lowest BCUT2D eigenvalue weighted by Crippen LogP contribution is -2.52. The van der Waals surface area contributed by atoms with Crippen molar-refractivity contribution < 1.29 is 9.53 Å². The molecule has 1 aromatic carbocycles. The third-order valence-electron chi connectivity index (χ3n) is 4.01. The summed E-state index contributed by atoms with van der Waals surface area (Å²) in [6.07, 6.45) is 2.86. The molecule has 112 valence electrons. The molecule has 4 heteroatoms. The molecule has 0 saturated heterocycles. The zero-order valence-electron chi connectivity index (χ0n) is 12.7. The lowest BCUT2D eigenvalue weighted by Gasteiger charge is -2.40. The average Bonchev–Trinajstić information content (AvgIpc) is 2.45. The number of hydrogen-bond acceptors (Lipinski definition) is 3. The zero-order chi connectivity index (χ0) is 15.3. The topological polar surface area (TPSA) is 62.1 Å². The third kappa shape index (κ3) is 4.22. The van der Waals surface area contributed by atoms with Gasteiger partial charge in [0.05, 0.1) is 6.07 Å². The highest BCUT2D eigenvalue weighted by molar-refractivity contribution is 5.69. The minimum atomic E-state index is -0.796. The van der Waals surface area contributed by atoms with E-state index in [0.717, 1.165) is 18.4 Å². The summed E-state index contributed by atoms with van der Waals surface area (Å²) in [4.78, 5) is 12.0. The minimum Gasteiger partial charge on any atom is -0.445 e. The normalized spacial score (nSPS) is 23.9. The van der Waals surface area contributed by atoms with Crippen molar-refractivity contribution in [3.8, 4) is 6.07 Å². The molecule has 0 bridgehead atoms. The molecule has 1 N–H and O–H groups in total. The highest BCUT2D eigenvalue weighted by Crippen LogP contribution is 2.40. The van der Waals surface area contributed by atoms with Crippen LogP contribution < -0.4 is 5.32 Å². The predicted molar refractivity (Wildman–Crippen MR) is 80.4 cm³/mol. The summed E-state index contributed by atoms with van der Waals surface area (Å²) < 4.78 is 5.22. The van der Waals surface area contributed by atoms with Crippen LogP contribution in [0.4, 0.5) is 4.79 Å². The molecule has 1 aliphatic carbocycles. The molecule has 0 spiro atoms. The fourth-order valence-electron chi connectivity index (χ4n) is 3.05. The van der Waals surface area contributed by atoms with Gasteiger partial charge in [-0.3, -0.25) is 0 Å². The molecule has 1 aromatic rings. The Balaban J connectivity index is 1.93. The van der Waals surface area contributed by atoms with E-state index in [2.05, 4.69) is 25.2 Å². The van der Waals surface area contributed by atoms with Gasteiger partial charge in [0.25, 0.3) is 0 Å². The number of nitriles is 1. The second kappa shape index (κ2) is 6.17. The highest BCUT2D eigenvalue weighted by atomic mass is 16.5. The minimum absolute atomic E-state index is 0.0701. The van der Waals surface area contributed by atoms with Gasteiger partial charge in [-0.25, -0.2) is 4.79 Å². The van der Waals surface area contributed by atoms with E-state index in [1.807, 2.05) is 30.3 Å². The Labute approximate surface area is 126 Å². The fourth-order valence-corrected chi connectivity index (χ4v) is 3.05. The molecule has 21 heavy (non-hydrogen) atoms. The lowest BCUT2D eigenvalue weighted by molar-refractivity contribution is 0.109. The summed E-state index contributed by atoms with van der Waals surface area (Å²) in [5.74, 6) is 0. The fraction of sp³-hybridized carbons (Fsp3) is 0.529. The van der Waals surface area contributed by atoms with Crippen LogP contribution in [-0.4, -0.2) is 11.6 Å². The first-order valence-electron chi connectivity index (χ1n) is 7.35. The van der Waals surface area contributed by atoms with Crippen LogP contribution >= 0.6 is 0 Å². The van der Waals surface area contributed by atoms with Gasteiger partial charge < -0.3 is 10.1 Å². The van der Waals surface area contributed by atoms with Crippen LogP contribution in [0.15, 0.2) is 30.3 Å². The van der Waals surface area contributed by atoms with E-state index in [0.29, 0.717) is 12.8 Å². The van der Waals surface area contributed by atoms with Crippen LogP contribution in [0.1, 0.15) is 45.1 Å². The molecule has 1 atom stereocenters. The van der Waals surface area contributed by atoms with Crippen molar-refractivity contribution in [2.45, 2.75) is 51.7 Å². The summed E-state index contributed by atoms with van der Waals surface area (Å²) in [5.41, 5.74) is 0.207. The number of carbonyl (C=O) groups excluding carboxylic acids is 1. The molecule has 4 nitrogen and oxygen atoms in total. The van der Waals surface area contributed by atoms with E-state index >= 15 is 0 Å². The molecule has 0 aliphatic heterocycles. The van der Waals surface area contributed by atoms with Gasteiger partial charge in [-0.1, -0.05) is 44.2 Å². The number of nitrogens with zero attached hydrogens (tertiary/aromatic N) is 1. The first kappa shape index (κ1) is 15.4. The number of amides is 1. The van der Waals surface area contributed by atoms with Crippen LogP contribution in [0.5, 0.6) is 0 Å². The summed E-state index contributed by atoms with van der Waals surface area (Å²) in [5, 5.41) is 12.3. The van der Waals surface area contributed by atoms with Crippen molar-refractivity contribution in [2.24, 2.45) is 5.41 Å². The first-order chi connectivity index (χ1) is 9.95. The zero-order valence-corrected chi connectivity index (χ0v) is 12.7. The number of nitrogens with one attached hydrogen (secondary N) is 1. The molecule has 1 unspecified atom stereocenters. The Hall–Kier alpha value is -2.02. The molecule has 1 aliphatic rings. The number of rotatable bonds is 3. The number of hydrogen-bond donors (Lipinski definition) is 1. The number of ether oxygens (including phenoxy) is 1. The number of benzene rings is 1. The maximum absolute atomic E-state index is 12.0. The average molecular weight is 286 g/mol. The van der Waals surface area contributed by atoms with Gasteiger partial charge in [-0.15, -0.1) is 0 Å². The van der Waals surface area contributed by atoms with Crippen molar-refractivity contribution in [1.29, 1.82) is 5.26 Å². The van der Waals surface area contributed by atoms with E-state index < -0.39 is 11.6 Å². The van der Waals surface area contributed by atoms with Crippen molar-refractivity contribution in [1.82, 2.24) is 5.32 Å². The van der Waals surface area contributed by atoms with E-state index in [-0.39, 0.29) is 12.0 Å². The molecular weight excluding hydrogens is 264 g/mol. The van der Waals surface area contributed by atoms with E-state index in [9.17, 15) is 10.1 Å². The van der Waals surface area contributed by atoms with Crippen molar-refractivity contribution in [3.63, 3.8) is 0 Å². The van der Waals surface area contributed by atoms with Gasteiger partial charge >= 0.3 is 6.09 Å². The second-order valence-electron chi connectivity index (χ2n) is 6.58.